The van der Waals surface area contributed by atoms with E-state index in [9.17, 15) is 9.59 Å². The molecule has 26 heavy (non-hydrogen) atoms. The summed E-state index contributed by atoms with van der Waals surface area (Å²) in [5, 5.41) is 2.91. The molecule has 2 heterocycles. The molecule has 3 aliphatic rings. The molecule has 0 bridgehead atoms. The molecule has 1 atom stereocenters. The molecule has 1 aromatic rings. The van der Waals surface area contributed by atoms with Crippen molar-refractivity contribution < 1.29 is 9.59 Å². The lowest BCUT2D eigenvalue weighted by Crippen LogP contribution is -2.43. The summed E-state index contributed by atoms with van der Waals surface area (Å²) >= 11 is 0. The summed E-state index contributed by atoms with van der Waals surface area (Å²) < 4.78 is 0. The maximum Gasteiger partial charge on any atom is 0.246 e. The van der Waals surface area contributed by atoms with E-state index in [4.69, 9.17) is 0 Å². The average molecular weight is 353 g/mol. The number of allylic oxidation sites excluding steroid dienone is 1. The number of anilines is 1. The van der Waals surface area contributed by atoms with Crippen LogP contribution in [0.15, 0.2) is 29.8 Å². The number of hydrogen-bond acceptors (Lipinski definition) is 3. The van der Waals surface area contributed by atoms with E-state index in [1.54, 1.807) is 6.07 Å². The lowest BCUT2D eigenvalue weighted by atomic mass is 9.96. The van der Waals surface area contributed by atoms with Gasteiger partial charge in [-0.25, -0.2) is 4.98 Å². The first-order valence-corrected chi connectivity index (χ1v) is 9.85. The monoisotopic (exact) mass is 353 g/mol. The number of likely N-dealkylation sites (tertiary alicyclic amines) is 1. The van der Waals surface area contributed by atoms with Crippen LogP contribution in [0.1, 0.15) is 44.2 Å². The molecule has 5 nitrogen and oxygen atoms in total. The number of amides is 2. The molecule has 0 radical (unpaired) electrons. The molecule has 0 aromatic carbocycles. The summed E-state index contributed by atoms with van der Waals surface area (Å²) in [7, 11) is 0. The van der Waals surface area contributed by atoms with Crippen molar-refractivity contribution in [3.63, 3.8) is 0 Å². The zero-order valence-corrected chi connectivity index (χ0v) is 15.4. The quantitative estimate of drug-likeness (QED) is 0.826. The second-order valence-corrected chi connectivity index (χ2v) is 7.97. The Bertz CT molecular complexity index is 721. The van der Waals surface area contributed by atoms with Crippen molar-refractivity contribution in [1.82, 2.24) is 9.88 Å². The Morgan fingerprint density at radius 1 is 1.12 bits per heavy atom. The minimum Gasteiger partial charge on any atom is -0.338 e. The van der Waals surface area contributed by atoms with Crippen molar-refractivity contribution in [2.75, 3.05) is 18.4 Å². The van der Waals surface area contributed by atoms with E-state index in [1.165, 1.54) is 31.3 Å². The van der Waals surface area contributed by atoms with Crippen LogP contribution < -0.4 is 5.32 Å². The van der Waals surface area contributed by atoms with Crippen molar-refractivity contribution in [3.8, 4) is 0 Å². The second-order valence-electron chi connectivity index (χ2n) is 7.97. The molecule has 1 N–H and O–H groups in total. The van der Waals surface area contributed by atoms with Gasteiger partial charge in [0.05, 0.1) is 5.92 Å². The van der Waals surface area contributed by atoms with Crippen LogP contribution in [0.25, 0.3) is 0 Å². The van der Waals surface area contributed by atoms with E-state index in [0.717, 1.165) is 25.1 Å². The standard InChI is InChI=1S/C21H27N3O2/c1-14-4-2-6-19(22-14)23-21(26)17-5-3-11-24(13-17)20(25)12-18(15-7-8-15)16-9-10-16/h2,4,6,12,15-17H,3,5,7-11,13H2,1H3,(H,22,23,26)/t17-/m0/s1. The lowest BCUT2D eigenvalue weighted by Gasteiger charge is -2.31. The second kappa shape index (κ2) is 7.22. The van der Waals surface area contributed by atoms with Crippen molar-refractivity contribution in [2.45, 2.75) is 45.4 Å². The Labute approximate surface area is 154 Å². The summed E-state index contributed by atoms with van der Waals surface area (Å²) in [6.07, 6.45) is 8.56. The van der Waals surface area contributed by atoms with Crippen molar-refractivity contribution in [3.05, 3.63) is 35.5 Å². The zero-order valence-electron chi connectivity index (χ0n) is 15.4. The summed E-state index contributed by atoms with van der Waals surface area (Å²) in [5.41, 5.74) is 2.26. The Morgan fingerprint density at radius 3 is 2.50 bits per heavy atom. The van der Waals surface area contributed by atoms with Gasteiger partial charge in [0.25, 0.3) is 0 Å². The number of pyridine rings is 1. The van der Waals surface area contributed by atoms with Crippen LogP contribution in [0, 0.1) is 24.7 Å². The maximum absolute atomic E-state index is 12.7. The molecule has 1 aliphatic heterocycles. The number of nitrogens with one attached hydrogen (secondary N) is 1. The first-order chi connectivity index (χ1) is 12.6. The molecule has 0 spiro atoms. The fraction of sp³-hybridized carbons (Fsp3) is 0.571. The van der Waals surface area contributed by atoms with Gasteiger partial charge in [0.15, 0.2) is 0 Å². The molecule has 1 saturated heterocycles. The van der Waals surface area contributed by atoms with E-state index in [0.29, 0.717) is 24.2 Å². The largest absolute Gasteiger partial charge is 0.338 e. The number of aromatic nitrogens is 1. The van der Waals surface area contributed by atoms with Gasteiger partial charge in [-0.15, -0.1) is 0 Å². The average Bonchev–Trinajstić information content (AvgIpc) is 3.53. The maximum atomic E-state index is 12.7. The Morgan fingerprint density at radius 2 is 1.85 bits per heavy atom. The lowest BCUT2D eigenvalue weighted by molar-refractivity contribution is -0.130. The van der Waals surface area contributed by atoms with Crippen molar-refractivity contribution >= 4 is 17.6 Å². The number of carbonyl (C=O) groups excluding carboxylic acids is 2. The van der Waals surface area contributed by atoms with Crippen LogP contribution in [0.5, 0.6) is 0 Å². The van der Waals surface area contributed by atoms with Gasteiger partial charge in [0.2, 0.25) is 11.8 Å². The van der Waals surface area contributed by atoms with E-state index in [1.807, 2.05) is 30.0 Å². The fourth-order valence-corrected chi connectivity index (χ4v) is 3.87. The first kappa shape index (κ1) is 17.3. The van der Waals surface area contributed by atoms with E-state index in [-0.39, 0.29) is 17.7 Å². The highest BCUT2D eigenvalue weighted by Gasteiger charge is 2.37. The van der Waals surface area contributed by atoms with Crippen LogP contribution in [-0.4, -0.2) is 34.8 Å². The molecule has 1 aromatic heterocycles. The number of hydrogen-bond donors (Lipinski definition) is 1. The Kier molecular flexibility index (Phi) is 4.79. The van der Waals surface area contributed by atoms with Gasteiger partial charge in [-0.3, -0.25) is 9.59 Å². The summed E-state index contributed by atoms with van der Waals surface area (Å²) in [4.78, 5) is 31.5. The highest BCUT2D eigenvalue weighted by atomic mass is 16.2. The number of carbonyl (C=O) groups is 2. The number of rotatable bonds is 5. The van der Waals surface area contributed by atoms with E-state index >= 15 is 0 Å². The van der Waals surface area contributed by atoms with Gasteiger partial charge in [-0.05, 0) is 69.4 Å². The third-order valence-electron chi connectivity index (χ3n) is 5.63. The summed E-state index contributed by atoms with van der Waals surface area (Å²) in [6, 6.07) is 5.59. The van der Waals surface area contributed by atoms with Crippen molar-refractivity contribution in [1.29, 1.82) is 0 Å². The number of aryl methyl sites for hydroxylation is 1. The molecule has 138 valence electrons. The summed E-state index contributed by atoms with van der Waals surface area (Å²) in [6.45, 7) is 3.17. The molecule has 2 aliphatic carbocycles. The minimum atomic E-state index is -0.159. The van der Waals surface area contributed by atoms with Gasteiger partial charge in [0, 0.05) is 24.9 Å². The summed E-state index contributed by atoms with van der Waals surface area (Å²) in [5.74, 6) is 1.81. The van der Waals surface area contributed by atoms with Crippen LogP contribution in [-0.2, 0) is 9.59 Å². The Hall–Kier alpha value is -2.17. The van der Waals surface area contributed by atoms with Crippen LogP contribution in [0.2, 0.25) is 0 Å². The molecule has 0 unspecified atom stereocenters. The van der Waals surface area contributed by atoms with Gasteiger partial charge in [0.1, 0.15) is 5.82 Å². The Balaban J connectivity index is 1.38. The predicted octanol–water partition coefficient (Wildman–Crippen LogP) is 3.31. The molecule has 2 saturated carbocycles. The van der Waals surface area contributed by atoms with Crippen LogP contribution in [0.3, 0.4) is 0 Å². The van der Waals surface area contributed by atoms with Crippen molar-refractivity contribution in [2.24, 2.45) is 17.8 Å². The van der Waals surface area contributed by atoms with Gasteiger partial charge in [-0.1, -0.05) is 11.6 Å². The topological polar surface area (TPSA) is 62.3 Å². The molecule has 2 amide bonds. The van der Waals surface area contributed by atoms with Crippen LogP contribution >= 0.6 is 0 Å². The number of piperidine rings is 1. The SMILES string of the molecule is Cc1cccc(NC(=O)[C@H]2CCCN(C(=O)C=C(C3CC3)C3CC3)C2)n1. The minimum absolute atomic E-state index is 0.0332. The molecular formula is C21H27N3O2. The van der Waals surface area contributed by atoms with Gasteiger partial charge in [-0.2, -0.15) is 0 Å². The third kappa shape index (κ3) is 4.14. The normalized spacial score (nSPS) is 22.7. The highest BCUT2D eigenvalue weighted by molar-refractivity contribution is 5.93. The fourth-order valence-electron chi connectivity index (χ4n) is 3.87. The van der Waals surface area contributed by atoms with Crippen LogP contribution in [0.4, 0.5) is 5.82 Å². The van der Waals surface area contributed by atoms with Gasteiger partial charge < -0.3 is 10.2 Å². The smallest absolute Gasteiger partial charge is 0.246 e. The van der Waals surface area contributed by atoms with E-state index in [2.05, 4.69) is 10.3 Å². The zero-order chi connectivity index (χ0) is 18.1. The van der Waals surface area contributed by atoms with E-state index < -0.39 is 0 Å². The number of nitrogens with zero attached hydrogens (tertiary/aromatic N) is 2. The molecule has 3 fully saturated rings. The highest BCUT2D eigenvalue weighted by Crippen LogP contribution is 2.48. The molecule has 5 heteroatoms. The predicted molar refractivity (Wildman–Crippen MR) is 100 cm³/mol. The molecule has 4 rings (SSSR count). The van der Waals surface area contributed by atoms with Gasteiger partial charge >= 0.3 is 0 Å². The molecular weight excluding hydrogens is 326 g/mol. The first-order valence-electron chi connectivity index (χ1n) is 9.85. The third-order valence-corrected chi connectivity index (χ3v) is 5.63.